The van der Waals surface area contributed by atoms with E-state index in [1.54, 1.807) is 0 Å². The smallest absolute Gasteiger partial charge is 0.270 e. The molecule has 0 aliphatic carbocycles. The molecule has 0 unspecified atom stereocenters. The number of rotatable bonds is 6. The molecule has 0 saturated carbocycles. The lowest BCUT2D eigenvalue weighted by Gasteiger charge is -2.26. The van der Waals surface area contributed by atoms with Crippen molar-refractivity contribution in [1.29, 1.82) is 0 Å². The molecule has 128 valence electrons. The van der Waals surface area contributed by atoms with Crippen LogP contribution >= 0.6 is 0 Å². The van der Waals surface area contributed by atoms with Crippen LogP contribution in [-0.2, 0) is 5.92 Å². The van der Waals surface area contributed by atoms with E-state index < -0.39 is 23.2 Å². The van der Waals surface area contributed by atoms with Crippen LogP contribution in [0.4, 0.5) is 13.2 Å². The topological polar surface area (TPSA) is 32.3 Å². The van der Waals surface area contributed by atoms with Gasteiger partial charge >= 0.3 is 0 Å². The summed E-state index contributed by atoms with van der Waals surface area (Å²) in [5, 5.41) is 2.67. The summed E-state index contributed by atoms with van der Waals surface area (Å²) in [5.74, 6) is -4.53. The monoisotopic (exact) mass is 328 g/mol. The number of nitrogens with zero attached hydrogens (tertiary/aromatic N) is 1. The van der Waals surface area contributed by atoms with Crippen molar-refractivity contribution in [3.63, 3.8) is 0 Å². The molecule has 1 amide bonds. The Balaban J connectivity index is 1.84. The number of benzene rings is 1. The van der Waals surface area contributed by atoms with Crippen molar-refractivity contribution in [2.24, 2.45) is 0 Å². The molecule has 23 heavy (non-hydrogen) atoms. The lowest BCUT2D eigenvalue weighted by atomic mass is 10.1. The number of hydrogen-bond donors (Lipinski definition) is 1. The summed E-state index contributed by atoms with van der Waals surface area (Å²) >= 11 is 0. The average Bonchev–Trinajstić information content (AvgIpc) is 2.51. The maximum atomic E-state index is 13.4. The largest absolute Gasteiger partial charge is 0.352 e. The summed E-state index contributed by atoms with van der Waals surface area (Å²) < 4.78 is 40.0. The van der Waals surface area contributed by atoms with Gasteiger partial charge in [0.1, 0.15) is 5.82 Å². The minimum absolute atomic E-state index is 0.0699. The zero-order chi connectivity index (χ0) is 16.9. The maximum absolute atomic E-state index is 13.4. The number of carbonyl (C=O) groups excluding carboxylic acids is 1. The first-order chi connectivity index (χ1) is 10.9. The summed E-state index contributed by atoms with van der Waals surface area (Å²) in [6.45, 7) is 4.22. The molecule has 1 fully saturated rings. The van der Waals surface area contributed by atoms with E-state index >= 15 is 0 Å². The summed E-state index contributed by atoms with van der Waals surface area (Å²) in [6.07, 6.45) is 4.49. The molecule has 1 aromatic rings. The van der Waals surface area contributed by atoms with Crippen LogP contribution < -0.4 is 5.32 Å². The van der Waals surface area contributed by atoms with Gasteiger partial charge in [-0.15, -0.1) is 0 Å². The molecular weight excluding hydrogens is 305 g/mol. The molecule has 1 saturated heterocycles. The van der Waals surface area contributed by atoms with Gasteiger partial charge in [0.25, 0.3) is 11.8 Å². The molecule has 1 N–H and O–H groups in total. The number of carbonyl (C=O) groups is 1. The van der Waals surface area contributed by atoms with Crippen molar-refractivity contribution in [2.45, 2.75) is 38.5 Å². The number of piperidine rings is 1. The Hall–Kier alpha value is -1.56. The maximum Gasteiger partial charge on any atom is 0.270 e. The van der Waals surface area contributed by atoms with Crippen molar-refractivity contribution in [3.05, 3.63) is 35.1 Å². The molecule has 0 aromatic heterocycles. The van der Waals surface area contributed by atoms with Gasteiger partial charge < -0.3 is 10.2 Å². The van der Waals surface area contributed by atoms with Crippen molar-refractivity contribution >= 4 is 5.91 Å². The van der Waals surface area contributed by atoms with Gasteiger partial charge in [0.05, 0.1) is 0 Å². The minimum atomic E-state index is -3.18. The SMILES string of the molecule is CC(F)(F)c1cc(F)cc(C(=O)NCCCN2CCCCC2)c1. The zero-order valence-electron chi connectivity index (χ0n) is 13.4. The number of hydrogen-bond acceptors (Lipinski definition) is 2. The third kappa shape index (κ3) is 5.53. The van der Waals surface area contributed by atoms with Gasteiger partial charge in [-0.3, -0.25) is 4.79 Å². The van der Waals surface area contributed by atoms with Crippen LogP contribution in [0.25, 0.3) is 0 Å². The van der Waals surface area contributed by atoms with Gasteiger partial charge in [0.15, 0.2) is 0 Å². The first kappa shape index (κ1) is 17.8. The lowest BCUT2D eigenvalue weighted by molar-refractivity contribution is 0.0171. The van der Waals surface area contributed by atoms with Crippen LogP contribution in [0.5, 0.6) is 0 Å². The molecule has 3 nitrogen and oxygen atoms in total. The Morgan fingerprint density at radius 3 is 2.57 bits per heavy atom. The van der Waals surface area contributed by atoms with E-state index in [1.807, 2.05) is 0 Å². The third-order valence-electron chi connectivity index (χ3n) is 4.05. The van der Waals surface area contributed by atoms with E-state index in [-0.39, 0.29) is 5.56 Å². The van der Waals surface area contributed by atoms with Gasteiger partial charge in [-0.1, -0.05) is 6.42 Å². The number of alkyl halides is 2. The summed E-state index contributed by atoms with van der Waals surface area (Å²) in [6, 6.07) is 2.78. The van der Waals surface area contributed by atoms with Crippen LogP contribution in [0.1, 0.15) is 48.5 Å². The molecule has 0 spiro atoms. The Labute approximate surface area is 134 Å². The summed E-state index contributed by atoms with van der Waals surface area (Å²) in [4.78, 5) is 14.3. The molecule has 0 bridgehead atoms. The fourth-order valence-corrected chi connectivity index (χ4v) is 2.76. The van der Waals surface area contributed by atoms with Gasteiger partial charge in [0, 0.05) is 24.6 Å². The summed E-state index contributed by atoms with van der Waals surface area (Å²) in [7, 11) is 0. The molecule has 1 aliphatic heterocycles. The van der Waals surface area contributed by atoms with E-state index in [9.17, 15) is 18.0 Å². The predicted molar refractivity (Wildman–Crippen MR) is 83.2 cm³/mol. The quantitative estimate of drug-likeness (QED) is 0.810. The van der Waals surface area contributed by atoms with Crippen LogP contribution in [0.15, 0.2) is 18.2 Å². The fourth-order valence-electron chi connectivity index (χ4n) is 2.76. The highest BCUT2D eigenvalue weighted by Gasteiger charge is 2.26. The number of likely N-dealkylation sites (tertiary alicyclic amines) is 1. The number of amides is 1. The number of halogens is 3. The zero-order valence-corrected chi connectivity index (χ0v) is 13.4. The van der Waals surface area contributed by atoms with Crippen molar-refractivity contribution in [3.8, 4) is 0 Å². The molecule has 0 atom stereocenters. The van der Waals surface area contributed by atoms with Gasteiger partial charge in [-0.05, 0) is 57.1 Å². The Kier molecular flexibility index (Phi) is 6.04. The first-order valence-corrected chi connectivity index (χ1v) is 8.06. The Morgan fingerprint density at radius 2 is 1.91 bits per heavy atom. The molecule has 1 aromatic carbocycles. The van der Waals surface area contributed by atoms with Gasteiger partial charge in [0.2, 0.25) is 0 Å². The van der Waals surface area contributed by atoms with Gasteiger partial charge in [-0.25, -0.2) is 13.2 Å². The second-order valence-electron chi connectivity index (χ2n) is 6.13. The van der Waals surface area contributed by atoms with Crippen molar-refractivity contribution in [2.75, 3.05) is 26.2 Å². The highest BCUT2D eigenvalue weighted by molar-refractivity contribution is 5.94. The molecule has 1 heterocycles. The molecule has 2 rings (SSSR count). The standard InChI is InChI=1S/C17H23F3N2O/c1-17(19,20)14-10-13(11-15(18)12-14)16(23)21-6-5-9-22-7-3-2-4-8-22/h10-12H,2-9H2,1H3,(H,21,23). The van der Waals surface area contributed by atoms with Crippen LogP contribution in [-0.4, -0.2) is 37.0 Å². The Bertz CT molecular complexity index is 537. The second kappa shape index (κ2) is 7.81. The lowest BCUT2D eigenvalue weighted by Crippen LogP contribution is -2.33. The van der Waals surface area contributed by atoms with Crippen LogP contribution in [0.3, 0.4) is 0 Å². The van der Waals surface area contributed by atoms with Crippen molar-refractivity contribution < 1.29 is 18.0 Å². The van der Waals surface area contributed by atoms with E-state index in [2.05, 4.69) is 10.2 Å². The molecule has 6 heteroatoms. The normalized spacial score (nSPS) is 16.3. The third-order valence-corrected chi connectivity index (χ3v) is 4.05. The number of nitrogens with one attached hydrogen (secondary N) is 1. The predicted octanol–water partition coefficient (Wildman–Crippen LogP) is 3.54. The minimum Gasteiger partial charge on any atom is -0.352 e. The highest BCUT2D eigenvalue weighted by Crippen LogP contribution is 2.28. The first-order valence-electron chi connectivity index (χ1n) is 8.06. The van der Waals surface area contributed by atoms with E-state index in [1.165, 1.54) is 19.3 Å². The van der Waals surface area contributed by atoms with E-state index in [0.29, 0.717) is 13.5 Å². The van der Waals surface area contributed by atoms with E-state index in [0.717, 1.165) is 44.3 Å². The van der Waals surface area contributed by atoms with E-state index in [4.69, 9.17) is 0 Å². The molecule has 1 aliphatic rings. The molecule has 0 radical (unpaired) electrons. The highest BCUT2D eigenvalue weighted by atomic mass is 19.3. The fraction of sp³-hybridized carbons (Fsp3) is 0.588. The van der Waals surface area contributed by atoms with Crippen molar-refractivity contribution in [1.82, 2.24) is 10.2 Å². The van der Waals surface area contributed by atoms with Gasteiger partial charge in [-0.2, -0.15) is 0 Å². The van der Waals surface area contributed by atoms with Crippen LogP contribution in [0.2, 0.25) is 0 Å². The molecular formula is C17H23F3N2O. The second-order valence-corrected chi connectivity index (χ2v) is 6.13. The van der Waals surface area contributed by atoms with Crippen LogP contribution in [0, 0.1) is 5.82 Å². The Morgan fingerprint density at radius 1 is 1.22 bits per heavy atom. The average molecular weight is 328 g/mol. The summed E-state index contributed by atoms with van der Waals surface area (Å²) in [5.41, 5.74) is -0.560.